The van der Waals surface area contributed by atoms with Gasteiger partial charge in [-0.3, -0.25) is 48.5 Å². The Balaban J connectivity index is 0.0000000710. The number of nitriles is 1. The van der Waals surface area contributed by atoms with Gasteiger partial charge in [-0.05, 0) is 219 Å². The van der Waals surface area contributed by atoms with Crippen LogP contribution < -0.4 is 11.1 Å². The van der Waals surface area contributed by atoms with Crippen LogP contribution in [0.25, 0.3) is 0 Å². The number of esters is 6. The molecular formula is C76H73N3O23. The van der Waals surface area contributed by atoms with Crippen molar-refractivity contribution in [2.75, 3.05) is 49.3 Å². The summed E-state index contributed by atoms with van der Waals surface area (Å²) in [6.45, 7) is -0.0271. The van der Waals surface area contributed by atoms with Gasteiger partial charge in [-0.2, -0.15) is 10.5 Å². The number of nitrogens with zero attached hydrogens (tertiary/aromatic N) is 1. The number of benzene rings is 1. The molecule has 0 aliphatic heterocycles. The topological polar surface area (TPSA) is 415 Å². The summed E-state index contributed by atoms with van der Waals surface area (Å²) in [5.41, 5.74) is 4.69. The van der Waals surface area contributed by atoms with Crippen molar-refractivity contribution in [3.05, 3.63) is 35.9 Å². The lowest BCUT2D eigenvalue weighted by molar-refractivity contribution is -0.645. The first-order valence-electron chi connectivity index (χ1n) is 37.2. The molecule has 1 aromatic carbocycles. The molecule has 0 amide bonds. The van der Waals surface area contributed by atoms with Crippen LogP contribution in [0.15, 0.2) is 30.3 Å². The van der Waals surface area contributed by atoms with Crippen LogP contribution in [-0.2, 0) is 86.0 Å². The lowest BCUT2D eigenvalue weighted by Gasteiger charge is -3.10. The molecule has 3 atom stereocenters. The number of aliphatic hydroxyl groups is 1. The Morgan fingerprint density at radius 3 is 0.902 bits per heavy atom. The molecule has 0 aromatic heterocycles. The molecule has 0 saturated heterocycles. The fourth-order valence-electron chi connectivity index (χ4n) is 41.4. The lowest BCUT2D eigenvalue weighted by atomic mass is 8.91. The molecule has 0 bridgehead atoms. The van der Waals surface area contributed by atoms with Gasteiger partial charge in [0.1, 0.15) is 18.4 Å². The number of rotatable bonds is 17. The molecule has 26 heteroatoms. The van der Waals surface area contributed by atoms with Crippen LogP contribution in [-0.4, -0.2) is 153 Å². The zero-order chi connectivity index (χ0) is 70.2. The summed E-state index contributed by atoms with van der Waals surface area (Å²) in [4.78, 5) is 131. The van der Waals surface area contributed by atoms with E-state index >= 15 is 0 Å². The summed E-state index contributed by atoms with van der Waals surface area (Å²) in [7, 11) is 8.79. The van der Waals surface area contributed by atoms with Crippen molar-refractivity contribution in [3.63, 3.8) is 0 Å². The summed E-state index contributed by atoms with van der Waals surface area (Å²) in [6.07, 6.45) is 1.19. The average Bonchev–Trinajstić information content (AvgIpc) is 0.572. The maximum absolute atomic E-state index is 12.2. The Morgan fingerprint density at radius 1 is 0.422 bits per heavy atom. The number of methoxy groups -OCH3 is 6. The van der Waals surface area contributed by atoms with E-state index in [0.717, 1.165) is 5.56 Å². The normalized spacial score (nSPS) is 66.1. The van der Waals surface area contributed by atoms with Crippen molar-refractivity contribution in [3.8, 4) is 6.07 Å². The fourth-order valence-corrected chi connectivity index (χ4v) is 41.4. The number of nitrogens with two attached hydrogens (primary N) is 1. The summed E-state index contributed by atoms with van der Waals surface area (Å²) in [5, 5.41) is 59.1. The standard InChI is InChI=1S/C20H20N2O3.C12H12O4.C11H11NO4.C11H10O5.C11H10O4.C11H10O3/c1-25-18(24)20-15-12-16(20)14-17(20)13(15)19(12,14)11(7-21)22-10(8-23)9-5-3-2-4-6-9;1-15-9(13)11-3-6-4(11)8-5(11)7(3)12(6,8)10(14)16-2;12-7(8(13)14)10-1-4-2(10)6-3(10)5(1)11(4,6)9(15)16;1-15-8(12)10-2-5-3(10)7-4(10)6(2)11(5,7)9(13)16-14;1-15-9(14)11-5-2-6(11)4-7(11)3(5)10(2,4)8(12)13;1-14-9(13)11-6-3-7(11)5-8(11)4(6)10(3,5)2-12/h2-6,10-17,22-23H,8H2,1H3;3-8H,1-2H3;1-7H,12H2,(H,13,14)(H,15,16);2-7,14H,1H3;2-7H,1H3,(H,12,13);2-8H,1H3/t10?,11-,12?,13?,14?,15?,16?,17?,19?,20?;;1?,2?,3?,4?,5?,6?,7-,10?,11?;;;/m1.1.../s1. The smallest absolute Gasteiger partial charge is 0.349 e. The second-order valence-corrected chi connectivity index (χ2v) is 38.1. The van der Waals surface area contributed by atoms with Gasteiger partial charge in [-0.25, -0.2) is 4.79 Å². The SMILES string of the molecule is COC(=O)C12C3C4C1C1C2C3C41C(=O)O.COC(=O)C12C3C4C1C1C2C3C41C(=O)OC.COC(=O)C12C3C4C1C1C2C3C41C(=O)OO.COC(=O)C12C3C4C1C1C2C3C41C=O.COC(=O)C12C3C4C1C1C2C3C41[C@@H](C#N)NC(CO)c1ccccc1.N[C@H](C(=O)O)C12C3C4C1C1C2C3C41C(=O)O. The number of hydrogen-bond acceptors (Lipinski definition) is 23. The first-order valence-corrected chi connectivity index (χ1v) is 37.2. The number of aliphatic hydroxyl groups excluding tert-OH is 1. The largest absolute Gasteiger partial charge is 0.481 e. The zero-order valence-electron chi connectivity index (χ0n) is 55.8. The quantitative estimate of drug-likeness (QED) is 0.0365. The molecule has 0 spiro atoms. The van der Waals surface area contributed by atoms with Gasteiger partial charge >= 0.3 is 59.7 Å². The lowest BCUT2D eigenvalue weighted by Crippen LogP contribution is -3.12. The molecule has 26 nitrogen and oxygen atoms in total. The van der Waals surface area contributed by atoms with E-state index in [-0.39, 0.29) is 132 Å². The molecule has 1 aromatic rings. The first kappa shape index (κ1) is 58.2. The fraction of sp³-hybridized carbons (Fsp3) is 0.763. The minimum absolute atomic E-state index is 0.0106. The number of aldehydes is 1. The molecule has 36 fully saturated rings. The minimum atomic E-state index is -0.917. The van der Waals surface area contributed by atoms with Crippen molar-refractivity contribution >= 4 is 66.0 Å². The maximum Gasteiger partial charge on any atom is 0.349 e. The Hall–Kier alpha value is -7.08. The Morgan fingerprint density at radius 2 is 0.667 bits per heavy atom. The predicted molar refractivity (Wildman–Crippen MR) is 321 cm³/mol. The highest BCUT2D eigenvalue weighted by Crippen LogP contribution is 3.15. The monoisotopic (exact) mass is 1400 g/mol. The van der Waals surface area contributed by atoms with Crippen molar-refractivity contribution in [1.82, 2.24) is 5.32 Å². The molecule has 0 heterocycles. The van der Waals surface area contributed by atoms with E-state index in [4.69, 9.17) is 44.5 Å². The Kier molecular flexibility index (Phi) is 8.68. The van der Waals surface area contributed by atoms with Crippen LogP contribution in [0.1, 0.15) is 11.6 Å². The molecule has 36 aliphatic rings. The van der Waals surface area contributed by atoms with E-state index in [1.54, 1.807) is 0 Å². The number of nitrogens with one attached hydrogen (secondary N) is 1. The highest BCUT2D eigenvalue weighted by molar-refractivity contribution is 6.00. The van der Waals surface area contributed by atoms with Crippen LogP contribution in [0.4, 0.5) is 0 Å². The maximum atomic E-state index is 12.2. The Labute approximate surface area is 579 Å². The van der Waals surface area contributed by atoms with Gasteiger partial charge < -0.3 is 64.3 Å². The van der Waals surface area contributed by atoms with Crippen molar-refractivity contribution in [2.24, 2.45) is 284 Å². The molecule has 36 aliphatic carbocycles. The number of carboxylic acids is 3. The summed E-state index contributed by atoms with van der Waals surface area (Å²) in [6, 6.07) is 11.1. The van der Waals surface area contributed by atoms with Crippen LogP contribution in [0.5, 0.6) is 0 Å². The molecule has 1 unspecified atom stereocenters. The van der Waals surface area contributed by atoms with Gasteiger partial charge in [0.25, 0.3) is 0 Å². The second-order valence-electron chi connectivity index (χ2n) is 38.1. The minimum Gasteiger partial charge on any atom is -0.481 e. The number of hydrogen-bond donors (Lipinski definition) is 7. The third kappa shape index (κ3) is 3.71. The van der Waals surface area contributed by atoms with Crippen LogP contribution in [0.2, 0.25) is 0 Å². The Bertz CT molecular complexity index is 4150. The number of carboxylic acid groups (broad SMARTS) is 3. The third-order valence-corrected chi connectivity index (χ3v) is 41.8. The molecule has 37 rings (SSSR count). The highest BCUT2D eigenvalue weighted by atomic mass is 17.1. The summed E-state index contributed by atoms with van der Waals surface area (Å²) >= 11 is 0. The molecular weight excluding hydrogens is 1320 g/mol. The van der Waals surface area contributed by atoms with Crippen molar-refractivity contribution in [2.45, 2.75) is 18.1 Å². The van der Waals surface area contributed by atoms with Gasteiger partial charge in [-0.15, -0.1) is 0 Å². The second kappa shape index (κ2) is 15.2. The number of carbonyl (C=O) groups is 11. The van der Waals surface area contributed by atoms with Gasteiger partial charge in [0, 0.05) is 16.2 Å². The summed E-state index contributed by atoms with van der Waals surface area (Å²) < 4.78 is 29.6. The first-order chi connectivity index (χ1) is 49.0. The van der Waals surface area contributed by atoms with Crippen LogP contribution >= 0.6 is 0 Å². The number of ether oxygens (including phenoxy) is 6. The highest BCUT2D eigenvalue weighted by Gasteiger charge is 3.18. The number of aliphatic carboxylic acids is 3. The van der Waals surface area contributed by atoms with Gasteiger partial charge in [0.05, 0.1) is 110 Å². The number of carbonyl (C=O) groups excluding carboxylic acids is 8. The van der Waals surface area contributed by atoms with E-state index in [0.29, 0.717) is 195 Å². The molecule has 530 valence electrons. The van der Waals surface area contributed by atoms with Crippen molar-refractivity contribution in [1.29, 1.82) is 5.26 Å². The molecule has 8 N–H and O–H groups in total. The van der Waals surface area contributed by atoms with E-state index in [9.17, 15) is 73.3 Å². The van der Waals surface area contributed by atoms with Gasteiger partial charge in [0.15, 0.2) is 0 Å². The van der Waals surface area contributed by atoms with E-state index < -0.39 is 35.3 Å². The van der Waals surface area contributed by atoms with Gasteiger partial charge in [0.2, 0.25) is 0 Å². The molecule has 102 heavy (non-hydrogen) atoms. The average molecular weight is 1400 g/mol. The van der Waals surface area contributed by atoms with E-state index in [1.807, 2.05) is 30.3 Å². The summed E-state index contributed by atoms with van der Waals surface area (Å²) in [5.74, 6) is 12.1. The predicted octanol–water partition coefficient (Wildman–Crippen LogP) is 0.396. The van der Waals surface area contributed by atoms with Crippen molar-refractivity contribution < 1.29 is 112 Å². The zero-order valence-corrected chi connectivity index (χ0v) is 55.8. The molecule has 0 radical (unpaired) electrons. The van der Waals surface area contributed by atoms with Crippen LogP contribution in [0, 0.1) is 289 Å². The third-order valence-electron chi connectivity index (χ3n) is 41.8. The van der Waals surface area contributed by atoms with E-state index in [2.05, 4.69) is 16.3 Å². The van der Waals surface area contributed by atoms with Crippen LogP contribution in [0.3, 0.4) is 0 Å². The molecule has 36 saturated carbocycles. The van der Waals surface area contributed by atoms with E-state index in [1.165, 1.54) is 48.9 Å². The van der Waals surface area contributed by atoms with Gasteiger partial charge in [-0.1, -0.05) is 30.3 Å².